The molecule has 1 atom stereocenters. The van der Waals surface area contributed by atoms with Crippen molar-refractivity contribution in [2.45, 2.75) is 51.0 Å². The first-order valence-corrected chi connectivity index (χ1v) is 7.65. The second kappa shape index (κ2) is 3.72. The number of likely N-dealkylation sites (tertiary alicyclic amines) is 1. The fourth-order valence-corrected chi connectivity index (χ4v) is 5.84. The lowest BCUT2D eigenvalue weighted by atomic mass is 9.49. The van der Waals surface area contributed by atoms with E-state index in [4.69, 9.17) is 5.73 Å². The minimum atomic E-state index is 0.0893. The van der Waals surface area contributed by atoms with Crippen molar-refractivity contribution < 1.29 is 4.79 Å². The van der Waals surface area contributed by atoms with Crippen molar-refractivity contribution in [1.29, 1.82) is 0 Å². The SMILES string of the molecule is NC1CC(=O)N(CC23CC4CC(CC(C4)C2)C3)C1. The Balaban J connectivity index is 1.52. The van der Waals surface area contributed by atoms with Gasteiger partial charge in [-0.25, -0.2) is 0 Å². The van der Waals surface area contributed by atoms with E-state index in [1.165, 1.54) is 38.5 Å². The van der Waals surface area contributed by atoms with Crippen molar-refractivity contribution in [2.24, 2.45) is 28.9 Å². The zero-order valence-corrected chi connectivity index (χ0v) is 11.1. The molecule has 5 rings (SSSR count). The van der Waals surface area contributed by atoms with Crippen molar-refractivity contribution in [3.8, 4) is 0 Å². The maximum atomic E-state index is 12.0. The normalized spacial score (nSPS) is 50.3. The summed E-state index contributed by atoms with van der Waals surface area (Å²) in [7, 11) is 0. The van der Waals surface area contributed by atoms with Gasteiger partial charge in [-0.1, -0.05) is 0 Å². The summed E-state index contributed by atoms with van der Waals surface area (Å²) in [6, 6.07) is 0.0893. The molecule has 4 bridgehead atoms. The lowest BCUT2D eigenvalue weighted by molar-refractivity contribution is -0.133. The van der Waals surface area contributed by atoms with Crippen molar-refractivity contribution >= 4 is 5.91 Å². The Labute approximate surface area is 109 Å². The van der Waals surface area contributed by atoms with Crippen LogP contribution in [0.4, 0.5) is 0 Å². The number of amides is 1. The molecule has 0 aromatic rings. The summed E-state index contributed by atoms with van der Waals surface area (Å²) in [6.07, 6.45) is 9.17. The zero-order chi connectivity index (χ0) is 12.3. The molecule has 18 heavy (non-hydrogen) atoms. The number of carbonyl (C=O) groups excluding carboxylic acids is 1. The Morgan fingerprint density at radius 1 is 1.11 bits per heavy atom. The van der Waals surface area contributed by atoms with Gasteiger partial charge in [0.25, 0.3) is 0 Å². The molecule has 5 aliphatic rings. The summed E-state index contributed by atoms with van der Waals surface area (Å²) >= 11 is 0. The molecule has 1 unspecified atom stereocenters. The van der Waals surface area contributed by atoms with Crippen LogP contribution in [0, 0.1) is 23.2 Å². The first-order chi connectivity index (χ1) is 8.62. The van der Waals surface area contributed by atoms with Gasteiger partial charge in [0, 0.05) is 25.6 Å². The van der Waals surface area contributed by atoms with E-state index >= 15 is 0 Å². The molecule has 5 fully saturated rings. The van der Waals surface area contributed by atoms with Gasteiger partial charge >= 0.3 is 0 Å². The van der Waals surface area contributed by atoms with Gasteiger partial charge in [0.1, 0.15) is 0 Å². The highest BCUT2D eigenvalue weighted by Gasteiger charge is 2.52. The van der Waals surface area contributed by atoms with Crippen LogP contribution in [0.25, 0.3) is 0 Å². The van der Waals surface area contributed by atoms with Crippen molar-refractivity contribution in [2.75, 3.05) is 13.1 Å². The third kappa shape index (κ3) is 1.70. The number of carbonyl (C=O) groups is 1. The number of rotatable bonds is 2. The van der Waals surface area contributed by atoms with Gasteiger partial charge in [-0.05, 0) is 61.7 Å². The highest BCUT2D eigenvalue weighted by Crippen LogP contribution is 2.60. The largest absolute Gasteiger partial charge is 0.341 e. The molecular formula is C15H24N2O. The summed E-state index contributed by atoms with van der Waals surface area (Å²) < 4.78 is 0. The smallest absolute Gasteiger partial charge is 0.224 e. The van der Waals surface area contributed by atoms with Crippen LogP contribution in [-0.4, -0.2) is 29.9 Å². The van der Waals surface area contributed by atoms with Crippen molar-refractivity contribution in [3.63, 3.8) is 0 Å². The third-order valence-corrected chi connectivity index (χ3v) is 5.94. The number of nitrogens with two attached hydrogens (primary N) is 1. The number of nitrogens with zero attached hydrogens (tertiary/aromatic N) is 1. The summed E-state index contributed by atoms with van der Waals surface area (Å²) in [5.74, 6) is 3.23. The van der Waals surface area contributed by atoms with Crippen LogP contribution in [0.5, 0.6) is 0 Å². The van der Waals surface area contributed by atoms with Gasteiger partial charge in [0.2, 0.25) is 5.91 Å². The molecule has 2 N–H and O–H groups in total. The molecule has 1 heterocycles. The maximum Gasteiger partial charge on any atom is 0.224 e. The Kier molecular flexibility index (Phi) is 2.33. The lowest BCUT2D eigenvalue weighted by Crippen LogP contribution is -2.51. The predicted molar refractivity (Wildman–Crippen MR) is 69.8 cm³/mol. The van der Waals surface area contributed by atoms with E-state index in [0.717, 1.165) is 30.8 Å². The lowest BCUT2D eigenvalue weighted by Gasteiger charge is -2.57. The van der Waals surface area contributed by atoms with Crippen LogP contribution < -0.4 is 5.73 Å². The van der Waals surface area contributed by atoms with E-state index in [9.17, 15) is 4.79 Å². The third-order valence-electron chi connectivity index (χ3n) is 5.94. The van der Waals surface area contributed by atoms with E-state index in [2.05, 4.69) is 4.90 Å². The zero-order valence-electron chi connectivity index (χ0n) is 11.1. The van der Waals surface area contributed by atoms with Crippen LogP contribution >= 0.6 is 0 Å². The minimum absolute atomic E-state index is 0.0893. The summed E-state index contributed by atoms with van der Waals surface area (Å²) in [5, 5.41) is 0. The van der Waals surface area contributed by atoms with Gasteiger partial charge in [0.05, 0.1) is 0 Å². The Hall–Kier alpha value is -0.570. The number of hydrogen-bond donors (Lipinski definition) is 1. The predicted octanol–water partition coefficient (Wildman–Crippen LogP) is 1.76. The maximum absolute atomic E-state index is 12.0. The topological polar surface area (TPSA) is 46.3 Å². The molecule has 1 aliphatic heterocycles. The highest BCUT2D eigenvalue weighted by atomic mass is 16.2. The van der Waals surface area contributed by atoms with Crippen LogP contribution in [0.1, 0.15) is 44.9 Å². The van der Waals surface area contributed by atoms with E-state index in [-0.39, 0.29) is 6.04 Å². The molecule has 0 aromatic heterocycles. The van der Waals surface area contributed by atoms with E-state index in [1.54, 1.807) is 0 Å². The molecule has 100 valence electrons. The Bertz CT molecular complexity index is 343. The van der Waals surface area contributed by atoms with Crippen LogP contribution in [-0.2, 0) is 4.79 Å². The fourth-order valence-electron chi connectivity index (χ4n) is 5.84. The second-order valence-electron chi connectivity index (χ2n) is 7.66. The molecule has 0 aromatic carbocycles. The molecule has 1 saturated heterocycles. The van der Waals surface area contributed by atoms with Crippen LogP contribution in [0.2, 0.25) is 0 Å². The highest BCUT2D eigenvalue weighted by molar-refractivity contribution is 5.79. The van der Waals surface area contributed by atoms with Gasteiger partial charge in [-0.3, -0.25) is 4.79 Å². The van der Waals surface area contributed by atoms with E-state index < -0.39 is 0 Å². The summed E-state index contributed by atoms with van der Waals surface area (Å²) in [6.45, 7) is 1.82. The molecule has 4 aliphatic carbocycles. The quantitative estimate of drug-likeness (QED) is 0.809. The summed E-state index contributed by atoms with van der Waals surface area (Å²) in [5.41, 5.74) is 6.40. The van der Waals surface area contributed by atoms with E-state index in [0.29, 0.717) is 17.7 Å². The van der Waals surface area contributed by atoms with Gasteiger partial charge in [0.15, 0.2) is 0 Å². The molecule has 0 radical (unpaired) electrons. The summed E-state index contributed by atoms with van der Waals surface area (Å²) in [4.78, 5) is 14.0. The van der Waals surface area contributed by atoms with Gasteiger partial charge < -0.3 is 10.6 Å². The Morgan fingerprint density at radius 2 is 1.67 bits per heavy atom. The van der Waals surface area contributed by atoms with E-state index in [1.807, 2.05) is 0 Å². The minimum Gasteiger partial charge on any atom is -0.341 e. The van der Waals surface area contributed by atoms with Gasteiger partial charge in [-0.15, -0.1) is 0 Å². The molecule has 0 spiro atoms. The molecule has 3 nitrogen and oxygen atoms in total. The molecule has 3 heteroatoms. The average Bonchev–Trinajstić information content (AvgIpc) is 2.54. The van der Waals surface area contributed by atoms with Gasteiger partial charge in [-0.2, -0.15) is 0 Å². The monoisotopic (exact) mass is 248 g/mol. The average molecular weight is 248 g/mol. The molecule has 4 saturated carbocycles. The number of hydrogen-bond acceptors (Lipinski definition) is 2. The second-order valence-corrected chi connectivity index (χ2v) is 7.66. The first kappa shape index (κ1) is 11.3. The van der Waals surface area contributed by atoms with Crippen molar-refractivity contribution in [3.05, 3.63) is 0 Å². The standard InChI is InChI=1S/C15H24N2O/c16-13-4-14(18)17(8-13)9-15-5-10-1-11(6-15)3-12(2-10)7-15/h10-13H,1-9,16H2. The Morgan fingerprint density at radius 3 is 2.11 bits per heavy atom. The molecule has 1 amide bonds. The fraction of sp³-hybridized carbons (Fsp3) is 0.933. The molecular weight excluding hydrogens is 224 g/mol. The first-order valence-electron chi connectivity index (χ1n) is 7.65. The van der Waals surface area contributed by atoms with Crippen molar-refractivity contribution in [1.82, 2.24) is 4.90 Å². The van der Waals surface area contributed by atoms with Crippen LogP contribution in [0.3, 0.4) is 0 Å². The van der Waals surface area contributed by atoms with Crippen LogP contribution in [0.15, 0.2) is 0 Å².